The third kappa shape index (κ3) is 2.01. The van der Waals surface area contributed by atoms with Crippen LogP contribution in [0.25, 0.3) is 0 Å². The van der Waals surface area contributed by atoms with E-state index in [4.69, 9.17) is 9.47 Å². The predicted molar refractivity (Wildman–Crippen MR) is 72.7 cm³/mol. The third-order valence-electron chi connectivity index (χ3n) is 6.41. The maximum absolute atomic E-state index is 12.1. The number of esters is 1. The minimum atomic E-state index is -0.0542. The predicted octanol–water partition coefficient (Wildman–Crippen LogP) is 3.31. The fourth-order valence-corrected chi connectivity index (χ4v) is 4.51. The number of carbonyl (C=O) groups excluding carboxylic acids is 1. The molecule has 1 heterocycles. The number of ether oxygens (including phenoxy) is 2. The van der Waals surface area contributed by atoms with Gasteiger partial charge in [0.1, 0.15) is 6.10 Å². The van der Waals surface area contributed by atoms with Crippen molar-refractivity contribution in [1.82, 2.24) is 0 Å². The molecule has 0 aromatic heterocycles. The highest BCUT2D eigenvalue weighted by Crippen LogP contribution is 2.66. The number of hydrogen-bond donors (Lipinski definition) is 0. The standard InChI is InChI=1S/C16H26O3/c1-15(2)11-6-7-16(15,3)13(9-11)19-14(17)10-12-5-4-8-18-12/h11-13H,4-10H2,1-3H3. The Morgan fingerprint density at radius 3 is 2.63 bits per heavy atom. The number of fused-ring (bicyclic) bond motifs is 2. The van der Waals surface area contributed by atoms with E-state index in [-0.39, 0.29) is 23.6 Å². The molecule has 2 bridgehead atoms. The molecule has 3 nitrogen and oxygen atoms in total. The molecule has 0 aromatic rings. The second kappa shape index (κ2) is 4.47. The van der Waals surface area contributed by atoms with Crippen molar-refractivity contribution in [3.8, 4) is 0 Å². The van der Waals surface area contributed by atoms with Crippen molar-refractivity contribution in [3.05, 3.63) is 0 Å². The van der Waals surface area contributed by atoms with E-state index in [2.05, 4.69) is 20.8 Å². The molecule has 0 radical (unpaired) electrons. The highest BCUT2D eigenvalue weighted by atomic mass is 16.5. The molecule has 3 rings (SSSR count). The summed E-state index contributed by atoms with van der Waals surface area (Å²) in [4.78, 5) is 12.1. The SMILES string of the molecule is CC1(C)C2CCC1(C)C(OC(=O)CC1CCCO1)C2. The highest BCUT2D eigenvalue weighted by molar-refractivity contribution is 5.70. The van der Waals surface area contributed by atoms with E-state index in [0.717, 1.165) is 31.8 Å². The molecule has 0 N–H and O–H groups in total. The van der Waals surface area contributed by atoms with Crippen molar-refractivity contribution in [2.45, 2.75) is 71.5 Å². The van der Waals surface area contributed by atoms with E-state index in [1.54, 1.807) is 0 Å². The maximum atomic E-state index is 12.1. The van der Waals surface area contributed by atoms with Gasteiger partial charge in [0, 0.05) is 12.0 Å². The first-order valence-electron chi connectivity index (χ1n) is 7.74. The summed E-state index contributed by atoms with van der Waals surface area (Å²) < 4.78 is 11.3. The quantitative estimate of drug-likeness (QED) is 0.735. The zero-order chi connectivity index (χ0) is 13.7. The van der Waals surface area contributed by atoms with Crippen molar-refractivity contribution < 1.29 is 14.3 Å². The van der Waals surface area contributed by atoms with Crippen LogP contribution in [0.4, 0.5) is 0 Å². The van der Waals surface area contributed by atoms with Gasteiger partial charge in [0.2, 0.25) is 0 Å². The summed E-state index contributed by atoms with van der Waals surface area (Å²) in [6, 6.07) is 0. The lowest BCUT2D eigenvalue weighted by Gasteiger charge is -2.38. The molecule has 3 aliphatic rings. The lowest BCUT2D eigenvalue weighted by atomic mass is 9.70. The molecule has 4 atom stereocenters. The Balaban J connectivity index is 1.60. The maximum Gasteiger partial charge on any atom is 0.308 e. The van der Waals surface area contributed by atoms with Crippen molar-refractivity contribution >= 4 is 5.97 Å². The largest absolute Gasteiger partial charge is 0.462 e. The highest BCUT2D eigenvalue weighted by Gasteiger charge is 2.62. The molecular weight excluding hydrogens is 240 g/mol. The van der Waals surface area contributed by atoms with E-state index < -0.39 is 0 Å². The van der Waals surface area contributed by atoms with Crippen LogP contribution in [0.5, 0.6) is 0 Å². The van der Waals surface area contributed by atoms with Crippen LogP contribution in [0.2, 0.25) is 0 Å². The van der Waals surface area contributed by atoms with Crippen LogP contribution in [0, 0.1) is 16.7 Å². The fraction of sp³-hybridized carbons (Fsp3) is 0.938. The van der Waals surface area contributed by atoms with Crippen LogP contribution < -0.4 is 0 Å². The Morgan fingerprint density at radius 2 is 2.11 bits per heavy atom. The number of carbonyl (C=O) groups is 1. The lowest BCUT2D eigenvalue weighted by molar-refractivity contribution is -0.159. The summed E-state index contributed by atoms with van der Waals surface area (Å²) in [5.41, 5.74) is 0.478. The van der Waals surface area contributed by atoms with Crippen LogP contribution in [-0.4, -0.2) is 24.8 Å². The Hall–Kier alpha value is -0.570. The van der Waals surface area contributed by atoms with Gasteiger partial charge in [-0.1, -0.05) is 20.8 Å². The average molecular weight is 266 g/mol. The first-order valence-corrected chi connectivity index (χ1v) is 7.74. The van der Waals surface area contributed by atoms with Crippen LogP contribution in [0.3, 0.4) is 0 Å². The Bertz CT molecular complexity index is 370. The molecule has 2 saturated carbocycles. The van der Waals surface area contributed by atoms with Crippen molar-refractivity contribution in [1.29, 1.82) is 0 Å². The van der Waals surface area contributed by atoms with E-state index in [1.807, 2.05) is 0 Å². The topological polar surface area (TPSA) is 35.5 Å². The van der Waals surface area contributed by atoms with Crippen molar-refractivity contribution in [2.75, 3.05) is 6.61 Å². The molecular formula is C16H26O3. The summed E-state index contributed by atoms with van der Waals surface area (Å²) in [6.45, 7) is 7.80. The van der Waals surface area contributed by atoms with Crippen LogP contribution in [0.1, 0.15) is 59.3 Å². The van der Waals surface area contributed by atoms with E-state index >= 15 is 0 Å². The summed E-state index contributed by atoms with van der Waals surface area (Å²) in [5, 5.41) is 0. The second-order valence-corrected chi connectivity index (χ2v) is 7.43. The third-order valence-corrected chi connectivity index (χ3v) is 6.41. The number of hydrogen-bond acceptors (Lipinski definition) is 3. The molecule has 1 saturated heterocycles. The smallest absolute Gasteiger partial charge is 0.308 e. The molecule has 0 amide bonds. The zero-order valence-corrected chi connectivity index (χ0v) is 12.4. The minimum absolute atomic E-state index is 0.0542. The summed E-state index contributed by atoms with van der Waals surface area (Å²) in [5.74, 6) is 0.666. The first-order chi connectivity index (χ1) is 8.93. The molecule has 2 aliphatic carbocycles. The van der Waals surface area contributed by atoms with Crippen LogP contribution in [-0.2, 0) is 14.3 Å². The van der Waals surface area contributed by atoms with Gasteiger partial charge in [0.15, 0.2) is 0 Å². The van der Waals surface area contributed by atoms with Crippen LogP contribution in [0.15, 0.2) is 0 Å². The Kier molecular flexibility index (Phi) is 3.16. The molecule has 0 aromatic carbocycles. The minimum Gasteiger partial charge on any atom is -0.462 e. The second-order valence-electron chi connectivity index (χ2n) is 7.43. The zero-order valence-electron chi connectivity index (χ0n) is 12.4. The molecule has 3 fully saturated rings. The Morgan fingerprint density at radius 1 is 1.32 bits per heavy atom. The van der Waals surface area contributed by atoms with Gasteiger partial charge in [0.25, 0.3) is 0 Å². The van der Waals surface area contributed by atoms with Gasteiger partial charge in [-0.15, -0.1) is 0 Å². The average Bonchev–Trinajstić information content (AvgIpc) is 2.95. The van der Waals surface area contributed by atoms with Crippen LogP contribution >= 0.6 is 0 Å². The van der Waals surface area contributed by atoms with Crippen molar-refractivity contribution in [3.63, 3.8) is 0 Å². The van der Waals surface area contributed by atoms with E-state index in [1.165, 1.54) is 12.8 Å². The summed E-state index contributed by atoms with van der Waals surface area (Å²) >= 11 is 0. The summed E-state index contributed by atoms with van der Waals surface area (Å²) in [6.07, 6.45) is 6.30. The molecule has 108 valence electrons. The van der Waals surface area contributed by atoms with Gasteiger partial charge in [-0.2, -0.15) is 0 Å². The molecule has 4 unspecified atom stereocenters. The van der Waals surface area contributed by atoms with Gasteiger partial charge < -0.3 is 9.47 Å². The van der Waals surface area contributed by atoms with E-state index in [9.17, 15) is 4.79 Å². The normalized spacial score (nSPS) is 43.6. The van der Waals surface area contributed by atoms with Gasteiger partial charge >= 0.3 is 5.97 Å². The molecule has 0 spiro atoms. The van der Waals surface area contributed by atoms with Crippen molar-refractivity contribution in [2.24, 2.45) is 16.7 Å². The molecule has 1 aliphatic heterocycles. The molecule has 3 heteroatoms. The first kappa shape index (κ1) is 13.4. The Labute approximate surface area is 116 Å². The van der Waals surface area contributed by atoms with Gasteiger partial charge in [0.05, 0.1) is 12.5 Å². The lowest BCUT2D eigenvalue weighted by Crippen LogP contribution is -2.38. The van der Waals surface area contributed by atoms with Gasteiger partial charge in [-0.3, -0.25) is 4.79 Å². The molecule has 19 heavy (non-hydrogen) atoms. The van der Waals surface area contributed by atoms with Gasteiger partial charge in [-0.25, -0.2) is 0 Å². The fourth-order valence-electron chi connectivity index (χ4n) is 4.51. The van der Waals surface area contributed by atoms with Gasteiger partial charge in [-0.05, 0) is 43.4 Å². The van der Waals surface area contributed by atoms with E-state index in [0.29, 0.717) is 11.8 Å². The monoisotopic (exact) mass is 266 g/mol. The summed E-state index contributed by atoms with van der Waals surface area (Å²) in [7, 11) is 0. The number of rotatable bonds is 3.